The Morgan fingerprint density at radius 3 is 2.48 bits per heavy atom. The Labute approximate surface area is 134 Å². The SMILES string of the molecule is Cc1ccc(NC(=O)COc2ccccc2)cc1NC(=O)CN. The molecule has 23 heavy (non-hydrogen) atoms. The van der Waals surface area contributed by atoms with Gasteiger partial charge in [-0.2, -0.15) is 0 Å². The third kappa shape index (κ3) is 5.12. The van der Waals surface area contributed by atoms with Gasteiger partial charge in [0.2, 0.25) is 5.91 Å². The van der Waals surface area contributed by atoms with E-state index in [-0.39, 0.29) is 25.0 Å². The van der Waals surface area contributed by atoms with Crippen molar-refractivity contribution in [3.8, 4) is 5.75 Å². The van der Waals surface area contributed by atoms with Crippen molar-refractivity contribution in [1.82, 2.24) is 0 Å². The summed E-state index contributed by atoms with van der Waals surface area (Å²) in [6, 6.07) is 14.3. The second-order valence-corrected chi connectivity index (χ2v) is 4.93. The van der Waals surface area contributed by atoms with E-state index in [2.05, 4.69) is 10.6 Å². The minimum atomic E-state index is -0.288. The number of nitrogens with two attached hydrogens (primary N) is 1. The van der Waals surface area contributed by atoms with Crippen molar-refractivity contribution in [2.45, 2.75) is 6.92 Å². The van der Waals surface area contributed by atoms with Gasteiger partial charge >= 0.3 is 0 Å². The summed E-state index contributed by atoms with van der Waals surface area (Å²) in [6.45, 7) is 1.67. The number of amides is 2. The molecule has 0 aliphatic carbocycles. The third-order valence-electron chi connectivity index (χ3n) is 3.09. The number of carbonyl (C=O) groups excluding carboxylic acids is 2. The molecule has 0 spiro atoms. The number of nitrogens with one attached hydrogen (secondary N) is 2. The topological polar surface area (TPSA) is 93.5 Å². The molecule has 0 unspecified atom stereocenters. The van der Waals surface area contributed by atoms with Crippen LogP contribution >= 0.6 is 0 Å². The molecule has 0 radical (unpaired) electrons. The number of anilines is 2. The molecule has 120 valence electrons. The van der Waals surface area contributed by atoms with Gasteiger partial charge in [-0.3, -0.25) is 9.59 Å². The first-order chi connectivity index (χ1) is 11.1. The summed E-state index contributed by atoms with van der Waals surface area (Å²) in [6.07, 6.45) is 0. The maximum Gasteiger partial charge on any atom is 0.262 e. The molecule has 0 saturated carbocycles. The van der Waals surface area contributed by atoms with Crippen molar-refractivity contribution >= 4 is 23.2 Å². The predicted octanol–water partition coefficient (Wildman–Crippen LogP) is 1.91. The van der Waals surface area contributed by atoms with Crippen LogP contribution in [0.15, 0.2) is 48.5 Å². The summed E-state index contributed by atoms with van der Waals surface area (Å²) in [5, 5.41) is 5.41. The Bertz CT molecular complexity index is 687. The van der Waals surface area contributed by atoms with Crippen molar-refractivity contribution in [2.75, 3.05) is 23.8 Å². The smallest absolute Gasteiger partial charge is 0.262 e. The lowest BCUT2D eigenvalue weighted by atomic mass is 10.1. The molecule has 0 aliphatic heterocycles. The van der Waals surface area contributed by atoms with Crippen LogP contribution in [0.3, 0.4) is 0 Å². The molecule has 0 aliphatic rings. The first-order valence-corrected chi connectivity index (χ1v) is 7.17. The van der Waals surface area contributed by atoms with Crippen molar-refractivity contribution in [3.63, 3.8) is 0 Å². The van der Waals surface area contributed by atoms with E-state index < -0.39 is 0 Å². The quantitative estimate of drug-likeness (QED) is 0.759. The van der Waals surface area contributed by atoms with E-state index in [4.69, 9.17) is 10.5 Å². The molecule has 2 rings (SSSR count). The van der Waals surface area contributed by atoms with Crippen LogP contribution in [0, 0.1) is 6.92 Å². The Morgan fingerprint density at radius 1 is 1.04 bits per heavy atom. The van der Waals surface area contributed by atoms with E-state index in [0.29, 0.717) is 17.1 Å². The minimum absolute atomic E-state index is 0.0949. The second-order valence-electron chi connectivity index (χ2n) is 4.93. The number of rotatable bonds is 6. The maximum absolute atomic E-state index is 11.9. The van der Waals surface area contributed by atoms with Crippen LogP contribution in [0.1, 0.15) is 5.56 Å². The highest BCUT2D eigenvalue weighted by atomic mass is 16.5. The van der Waals surface area contributed by atoms with Gasteiger partial charge in [0.05, 0.1) is 6.54 Å². The number of ether oxygens (including phenoxy) is 1. The number of para-hydroxylation sites is 1. The normalized spacial score (nSPS) is 10.0. The summed E-state index contributed by atoms with van der Waals surface area (Å²) >= 11 is 0. The fraction of sp³-hybridized carbons (Fsp3) is 0.176. The molecule has 2 aromatic rings. The first kappa shape index (κ1) is 16.5. The van der Waals surface area contributed by atoms with Crippen molar-refractivity contribution in [3.05, 3.63) is 54.1 Å². The molecule has 2 amide bonds. The van der Waals surface area contributed by atoms with Gasteiger partial charge in [0, 0.05) is 11.4 Å². The van der Waals surface area contributed by atoms with Crippen molar-refractivity contribution in [2.24, 2.45) is 5.73 Å². The van der Waals surface area contributed by atoms with Crippen LogP contribution in [0.4, 0.5) is 11.4 Å². The monoisotopic (exact) mass is 313 g/mol. The molecule has 2 aromatic carbocycles. The van der Waals surface area contributed by atoms with E-state index in [9.17, 15) is 9.59 Å². The summed E-state index contributed by atoms with van der Waals surface area (Å²) in [7, 11) is 0. The van der Waals surface area contributed by atoms with E-state index in [1.807, 2.05) is 25.1 Å². The van der Waals surface area contributed by atoms with Crippen LogP contribution in [-0.4, -0.2) is 25.0 Å². The van der Waals surface area contributed by atoms with Gasteiger partial charge in [-0.15, -0.1) is 0 Å². The molecule has 6 nitrogen and oxygen atoms in total. The molecule has 0 atom stereocenters. The van der Waals surface area contributed by atoms with Gasteiger partial charge in [0.1, 0.15) is 5.75 Å². The fourth-order valence-electron chi connectivity index (χ4n) is 1.90. The Balaban J connectivity index is 1.95. The molecule has 0 aromatic heterocycles. The fourth-order valence-corrected chi connectivity index (χ4v) is 1.90. The third-order valence-corrected chi connectivity index (χ3v) is 3.09. The van der Waals surface area contributed by atoms with Crippen LogP contribution in [0.2, 0.25) is 0 Å². The lowest BCUT2D eigenvalue weighted by molar-refractivity contribution is -0.118. The second kappa shape index (κ2) is 7.95. The first-order valence-electron chi connectivity index (χ1n) is 7.17. The van der Waals surface area contributed by atoms with Gasteiger partial charge in [-0.1, -0.05) is 24.3 Å². The molecule has 4 N–H and O–H groups in total. The summed E-state index contributed by atoms with van der Waals surface area (Å²) in [5.74, 6) is 0.0558. The van der Waals surface area contributed by atoms with Crippen LogP contribution in [-0.2, 0) is 9.59 Å². The number of hydrogen-bond donors (Lipinski definition) is 3. The zero-order valence-corrected chi connectivity index (χ0v) is 12.8. The van der Waals surface area contributed by atoms with Crippen molar-refractivity contribution < 1.29 is 14.3 Å². The Hall–Kier alpha value is -2.86. The number of hydrogen-bond acceptors (Lipinski definition) is 4. The lowest BCUT2D eigenvalue weighted by Gasteiger charge is -2.11. The van der Waals surface area contributed by atoms with Gasteiger partial charge in [0.25, 0.3) is 5.91 Å². The van der Waals surface area contributed by atoms with Gasteiger partial charge in [0.15, 0.2) is 6.61 Å². The minimum Gasteiger partial charge on any atom is -0.484 e. The lowest BCUT2D eigenvalue weighted by Crippen LogP contribution is -2.23. The van der Waals surface area contributed by atoms with E-state index in [1.54, 1.807) is 30.3 Å². The van der Waals surface area contributed by atoms with E-state index in [1.165, 1.54) is 0 Å². The molecule has 0 bridgehead atoms. The zero-order chi connectivity index (χ0) is 16.7. The standard InChI is InChI=1S/C17H19N3O3/c1-12-7-8-13(9-15(12)20-16(21)10-18)19-17(22)11-23-14-5-3-2-4-6-14/h2-9H,10-11,18H2,1H3,(H,19,22)(H,20,21). The number of aryl methyl sites for hydroxylation is 1. The number of benzene rings is 2. The predicted molar refractivity (Wildman–Crippen MR) is 89.4 cm³/mol. The average molecular weight is 313 g/mol. The zero-order valence-electron chi connectivity index (χ0n) is 12.8. The highest BCUT2D eigenvalue weighted by molar-refractivity contribution is 5.95. The number of carbonyl (C=O) groups is 2. The van der Waals surface area contributed by atoms with E-state index in [0.717, 1.165) is 5.56 Å². The molecular formula is C17H19N3O3. The summed E-state index contributed by atoms with van der Waals surface area (Å²) < 4.78 is 5.38. The highest BCUT2D eigenvalue weighted by Crippen LogP contribution is 2.20. The summed E-state index contributed by atoms with van der Waals surface area (Å²) in [4.78, 5) is 23.3. The molecule has 0 saturated heterocycles. The largest absolute Gasteiger partial charge is 0.484 e. The van der Waals surface area contributed by atoms with Crippen LogP contribution < -0.4 is 21.1 Å². The molecule has 0 heterocycles. The Kier molecular flexibility index (Phi) is 5.71. The average Bonchev–Trinajstić information content (AvgIpc) is 2.57. The van der Waals surface area contributed by atoms with Crippen LogP contribution in [0.25, 0.3) is 0 Å². The van der Waals surface area contributed by atoms with Gasteiger partial charge < -0.3 is 21.1 Å². The summed E-state index contributed by atoms with van der Waals surface area (Å²) in [5.41, 5.74) is 7.35. The van der Waals surface area contributed by atoms with Crippen LogP contribution in [0.5, 0.6) is 5.75 Å². The maximum atomic E-state index is 11.9. The van der Waals surface area contributed by atoms with Crippen molar-refractivity contribution in [1.29, 1.82) is 0 Å². The van der Waals surface area contributed by atoms with E-state index >= 15 is 0 Å². The van der Waals surface area contributed by atoms with Gasteiger partial charge in [-0.05, 0) is 36.8 Å². The molecule has 0 fully saturated rings. The molecular weight excluding hydrogens is 294 g/mol. The van der Waals surface area contributed by atoms with Gasteiger partial charge in [-0.25, -0.2) is 0 Å². The molecule has 6 heteroatoms. The highest BCUT2D eigenvalue weighted by Gasteiger charge is 2.07. The Morgan fingerprint density at radius 2 is 1.78 bits per heavy atom.